The van der Waals surface area contributed by atoms with Crippen LogP contribution in [0.2, 0.25) is 0 Å². The highest BCUT2D eigenvalue weighted by Crippen LogP contribution is 2.39. The van der Waals surface area contributed by atoms with Gasteiger partial charge >= 0.3 is 0 Å². The molecule has 0 radical (unpaired) electrons. The Labute approximate surface area is 248 Å². The Morgan fingerprint density at radius 3 is 2.24 bits per heavy atom. The molecule has 3 amide bonds. The quantitative estimate of drug-likeness (QED) is 0.194. The SMILES string of the molecule is O=C(COc1ccc(/C=N\NC(=O)c2ccc([C@@H]3SCC(=O)N3Cc3ccccc3)cc2)cc1)NCc1ccccc1. The zero-order valence-electron chi connectivity index (χ0n) is 22.8. The number of rotatable bonds is 11. The second-order valence-electron chi connectivity index (χ2n) is 9.61. The molecule has 4 aromatic carbocycles. The average Bonchev–Trinajstić information content (AvgIpc) is 3.40. The van der Waals surface area contributed by atoms with Gasteiger partial charge in [0.15, 0.2) is 6.61 Å². The lowest BCUT2D eigenvalue weighted by atomic mass is 10.1. The molecule has 0 unspecified atom stereocenters. The number of amides is 3. The lowest BCUT2D eigenvalue weighted by Crippen LogP contribution is -2.28. The Morgan fingerprint density at radius 1 is 0.881 bits per heavy atom. The first-order valence-corrected chi connectivity index (χ1v) is 14.5. The van der Waals surface area contributed by atoms with Crippen LogP contribution in [0.1, 0.15) is 38.0 Å². The summed E-state index contributed by atoms with van der Waals surface area (Å²) in [6.07, 6.45) is 1.53. The average molecular weight is 579 g/mol. The van der Waals surface area contributed by atoms with Crippen LogP contribution in [0.3, 0.4) is 0 Å². The van der Waals surface area contributed by atoms with Crippen LogP contribution in [-0.2, 0) is 22.7 Å². The zero-order valence-corrected chi connectivity index (χ0v) is 23.6. The standard InChI is InChI=1S/C33H30N4O4S/c38-30(34-19-24-7-3-1-4-8-24)22-41-29-17-11-25(12-18-29)20-35-36-32(40)27-13-15-28(16-14-27)33-37(31(39)23-42-33)21-26-9-5-2-6-10-26/h1-18,20,33H,19,21-23H2,(H,34,38)(H,36,40)/b35-20-/t33-/m0/s1. The summed E-state index contributed by atoms with van der Waals surface area (Å²) in [5.74, 6) is 0.548. The van der Waals surface area contributed by atoms with Gasteiger partial charge in [-0.1, -0.05) is 72.8 Å². The fraction of sp³-hybridized carbons (Fsp3) is 0.152. The molecule has 5 rings (SSSR count). The predicted octanol–water partition coefficient (Wildman–Crippen LogP) is 4.92. The fourth-order valence-corrected chi connectivity index (χ4v) is 5.54. The molecule has 0 aromatic heterocycles. The van der Waals surface area contributed by atoms with E-state index in [-0.39, 0.29) is 29.7 Å². The predicted molar refractivity (Wildman–Crippen MR) is 164 cm³/mol. The van der Waals surface area contributed by atoms with Gasteiger partial charge < -0.3 is 15.0 Å². The zero-order chi connectivity index (χ0) is 29.1. The number of nitrogens with one attached hydrogen (secondary N) is 2. The monoisotopic (exact) mass is 578 g/mol. The van der Waals surface area contributed by atoms with E-state index in [4.69, 9.17) is 4.74 Å². The first-order chi connectivity index (χ1) is 20.5. The van der Waals surface area contributed by atoms with E-state index in [1.165, 1.54) is 6.21 Å². The first kappa shape index (κ1) is 28.6. The number of hydrazone groups is 1. The van der Waals surface area contributed by atoms with Crippen LogP contribution in [0, 0.1) is 0 Å². The fourth-order valence-electron chi connectivity index (χ4n) is 4.36. The topological polar surface area (TPSA) is 100 Å². The number of benzene rings is 4. The smallest absolute Gasteiger partial charge is 0.271 e. The minimum Gasteiger partial charge on any atom is -0.484 e. The molecule has 1 aliphatic rings. The molecule has 1 heterocycles. The Balaban J connectivity index is 1.08. The lowest BCUT2D eigenvalue weighted by molar-refractivity contribution is -0.128. The molecular formula is C33H30N4O4S. The summed E-state index contributed by atoms with van der Waals surface area (Å²) >= 11 is 1.59. The molecule has 0 bridgehead atoms. The Hall–Kier alpha value is -4.89. The molecule has 0 aliphatic carbocycles. The van der Waals surface area contributed by atoms with E-state index in [9.17, 15) is 14.4 Å². The van der Waals surface area contributed by atoms with E-state index in [0.717, 1.165) is 22.3 Å². The maximum Gasteiger partial charge on any atom is 0.271 e. The summed E-state index contributed by atoms with van der Waals surface area (Å²) in [6.45, 7) is 0.906. The third-order valence-corrected chi connectivity index (χ3v) is 7.84. The number of ether oxygens (including phenoxy) is 1. The van der Waals surface area contributed by atoms with Gasteiger partial charge in [0.2, 0.25) is 5.91 Å². The maximum atomic E-state index is 12.6. The summed E-state index contributed by atoms with van der Waals surface area (Å²) in [7, 11) is 0. The number of nitrogens with zero attached hydrogens (tertiary/aromatic N) is 2. The normalized spacial score (nSPS) is 14.6. The van der Waals surface area contributed by atoms with E-state index >= 15 is 0 Å². The molecule has 1 aliphatic heterocycles. The van der Waals surface area contributed by atoms with Crippen LogP contribution in [-0.4, -0.2) is 41.2 Å². The van der Waals surface area contributed by atoms with Gasteiger partial charge in [-0.15, -0.1) is 11.8 Å². The first-order valence-electron chi connectivity index (χ1n) is 13.5. The van der Waals surface area contributed by atoms with Gasteiger partial charge in [-0.05, 0) is 58.7 Å². The minimum atomic E-state index is -0.337. The van der Waals surface area contributed by atoms with E-state index in [2.05, 4.69) is 15.8 Å². The van der Waals surface area contributed by atoms with Gasteiger partial charge in [0.25, 0.3) is 11.8 Å². The molecule has 1 atom stereocenters. The van der Waals surface area contributed by atoms with Gasteiger partial charge in [-0.2, -0.15) is 5.10 Å². The summed E-state index contributed by atoms with van der Waals surface area (Å²) in [5, 5.41) is 6.78. The van der Waals surface area contributed by atoms with Crippen LogP contribution < -0.4 is 15.5 Å². The highest BCUT2D eigenvalue weighted by Gasteiger charge is 2.32. The van der Waals surface area contributed by atoms with Gasteiger partial charge in [-0.3, -0.25) is 14.4 Å². The van der Waals surface area contributed by atoms with Gasteiger partial charge in [0.1, 0.15) is 11.1 Å². The number of carbonyl (C=O) groups excluding carboxylic acids is 3. The van der Waals surface area contributed by atoms with E-state index in [1.54, 1.807) is 48.2 Å². The number of carbonyl (C=O) groups is 3. The van der Waals surface area contributed by atoms with Gasteiger partial charge in [0, 0.05) is 18.7 Å². The van der Waals surface area contributed by atoms with Crippen molar-refractivity contribution in [2.24, 2.45) is 5.10 Å². The van der Waals surface area contributed by atoms with Crippen LogP contribution in [0.5, 0.6) is 5.75 Å². The van der Waals surface area contributed by atoms with Crippen molar-refractivity contribution in [3.63, 3.8) is 0 Å². The molecule has 2 N–H and O–H groups in total. The largest absolute Gasteiger partial charge is 0.484 e. The molecule has 0 spiro atoms. The van der Waals surface area contributed by atoms with Gasteiger partial charge in [-0.25, -0.2) is 5.43 Å². The summed E-state index contributed by atoms with van der Waals surface area (Å²) in [5.41, 5.74) is 6.84. The van der Waals surface area contributed by atoms with E-state index < -0.39 is 0 Å². The van der Waals surface area contributed by atoms with Crippen molar-refractivity contribution in [2.75, 3.05) is 12.4 Å². The van der Waals surface area contributed by atoms with Crippen molar-refractivity contribution >= 4 is 35.7 Å². The minimum absolute atomic E-state index is 0.0874. The third-order valence-electron chi connectivity index (χ3n) is 6.58. The Bertz CT molecular complexity index is 1530. The Kier molecular flexibility index (Phi) is 9.64. The van der Waals surface area contributed by atoms with Crippen LogP contribution in [0.25, 0.3) is 0 Å². The second kappa shape index (κ2) is 14.1. The van der Waals surface area contributed by atoms with Crippen LogP contribution in [0.4, 0.5) is 0 Å². The molecule has 4 aromatic rings. The summed E-state index contributed by atoms with van der Waals surface area (Å²) in [4.78, 5) is 39.1. The number of thioether (sulfide) groups is 1. The highest BCUT2D eigenvalue weighted by atomic mass is 32.2. The van der Waals surface area contributed by atoms with Crippen LogP contribution in [0.15, 0.2) is 114 Å². The molecule has 1 saturated heterocycles. The molecule has 212 valence electrons. The number of hydrogen-bond donors (Lipinski definition) is 2. The van der Waals surface area contributed by atoms with Crippen molar-refractivity contribution in [1.29, 1.82) is 0 Å². The van der Waals surface area contributed by atoms with Gasteiger partial charge in [0.05, 0.1) is 12.0 Å². The van der Waals surface area contributed by atoms with E-state index in [0.29, 0.717) is 30.2 Å². The third kappa shape index (κ3) is 7.86. The molecule has 1 fully saturated rings. The summed E-state index contributed by atoms with van der Waals surface area (Å²) < 4.78 is 5.55. The summed E-state index contributed by atoms with van der Waals surface area (Å²) in [6, 6.07) is 33.9. The van der Waals surface area contributed by atoms with Crippen molar-refractivity contribution in [2.45, 2.75) is 18.5 Å². The molecule has 0 saturated carbocycles. The second-order valence-corrected chi connectivity index (χ2v) is 10.7. The Morgan fingerprint density at radius 2 is 1.55 bits per heavy atom. The maximum absolute atomic E-state index is 12.6. The molecule has 8 nitrogen and oxygen atoms in total. The van der Waals surface area contributed by atoms with Crippen molar-refractivity contribution in [1.82, 2.24) is 15.6 Å². The number of hydrogen-bond acceptors (Lipinski definition) is 6. The molecule has 9 heteroatoms. The molecule has 42 heavy (non-hydrogen) atoms. The van der Waals surface area contributed by atoms with Crippen molar-refractivity contribution < 1.29 is 19.1 Å². The molecular weight excluding hydrogens is 548 g/mol. The van der Waals surface area contributed by atoms with E-state index in [1.807, 2.05) is 77.7 Å². The lowest BCUT2D eigenvalue weighted by Gasteiger charge is -2.24. The van der Waals surface area contributed by atoms with Crippen molar-refractivity contribution in [3.8, 4) is 5.75 Å². The van der Waals surface area contributed by atoms with Crippen LogP contribution >= 0.6 is 11.8 Å². The van der Waals surface area contributed by atoms with Crippen molar-refractivity contribution in [3.05, 3.63) is 137 Å². The highest BCUT2D eigenvalue weighted by molar-refractivity contribution is 8.00.